The van der Waals surface area contributed by atoms with E-state index in [4.69, 9.17) is 0 Å². The van der Waals surface area contributed by atoms with Gasteiger partial charge in [0.15, 0.2) is 0 Å². The van der Waals surface area contributed by atoms with E-state index in [-0.39, 0.29) is 0 Å². The van der Waals surface area contributed by atoms with Crippen molar-refractivity contribution < 1.29 is 0 Å². The van der Waals surface area contributed by atoms with Crippen LogP contribution in [0.4, 0.5) is 0 Å². The van der Waals surface area contributed by atoms with Gasteiger partial charge in [-0.3, -0.25) is 0 Å². The van der Waals surface area contributed by atoms with E-state index in [9.17, 15) is 0 Å². The molecule has 194 valence electrons. The van der Waals surface area contributed by atoms with Gasteiger partial charge in [0.2, 0.25) is 0 Å². The average molecular weight is 511 g/mol. The third kappa shape index (κ3) is 30.5. The first-order valence-corrected chi connectivity index (χ1v) is 23.3. The van der Waals surface area contributed by atoms with E-state index in [1.165, 1.54) is 167 Å². The normalized spacial score (nSPS) is 12.0. The number of hydrogen-bond acceptors (Lipinski definition) is 0. The summed E-state index contributed by atoms with van der Waals surface area (Å²) < 4.78 is 0. The molecule has 0 amide bonds. The SMILES string of the molecule is CCCCCCCCCCCCCCCCCCCCCCCCCCC[CH2][Ge]([CH3])([CH3])[CH3]. The van der Waals surface area contributed by atoms with E-state index in [1.54, 1.807) is 5.25 Å². The van der Waals surface area contributed by atoms with E-state index in [0.717, 1.165) is 0 Å². The zero-order valence-electron chi connectivity index (χ0n) is 23.6. The molecule has 0 bridgehead atoms. The number of unbranched alkanes of at least 4 members (excludes halogenated alkanes) is 25. The molecule has 0 nitrogen and oxygen atoms in total. The molecule has 32 heavy (non-hydrogen) atoms. The van der Waals surface area contributed by atoms with Crippen molar-refractivity contribution in [2.45, 2.75) is 196 Å². The van der Waals surface area contributed by atoms with Crippen molar-refractivity contribution in [2.75, 3.05) is 0 Å². The van der Waals surface area contributed by atoms with Crippen LogP contribution in [0.5, 0.6) is 0 Å². The second-order valence-corrected chi connectivity index (χ2v) is 23.9. The van der Waals surface area contributed by atoms with E-state index >= 15 is 0 Å². The molecule has 0 aliphatic heterocycles. The first kappa shape index (κ1) is 32.5. The van der Waals surface area contributed by atoms with Gasteiger partial charge < -0.3 is 0 Å². The Balaban J connectivity index is 3.02. The fourth-order valence-corrected chi connectivity index (χ4v) is 7.72. The van der Waals surface area contributed by atoms with Gasteiger partial charge in [-0.25, -0.2) is 0 Å². The minimum absolute atomic E-state index is 1.24. The topological polar surface area (TPSA) is 0 Å². The summed E-state index contributed by atoms with van der Waals surface area (Å²) in [5, 5.41) is 1.58. The standard InChI is InChI=1S/C31H66Ge/c1-5-6-7-8-9-10-11-12-13-14-15-16-17-18-19-20-21-22-23-24-25-26-27-28-29-30-31-32(2,3)4/h5-31H2,1-4H3. The molecule has 0 aromatic carbocycles. The van der Waals surface area contributed by atoms with Crippen LogP contribution < -0.4 is 0 Å². The van der Waals surface area contributed by atoms with Crippen molar-refractivity contribution in [3.8, 4) is 0 Å². The van der Waals surface area contributed by atoms with Crippen molar-refractivity contribution in [1.82, 2.24) is 0 Å². The summed E-state index contributed by atoms with van der Waals surface area (Å²) in [6.45, 7) is 2.31. The van der Waals surface area contributed by atoms with Crippen LogP contribution >= 0.6 is 0 Å². The summed E-state index contributed by atoms with van der Waals surface area (Å²) in [6, 6.07) is 0. The molecule has 0 rings (SSSR count). The van der Waals surface area contributed by atoms with Crippen LogP contribution in [-0.4, -0.2) is 13.3 Å². The van der Waals surface area contributed by atoms with Crippen LogP contribution in [0.15, 0.2) is 0 Å². The summed E-state index contributed by atoms with van der Waals surface area (Å²) in [4.78, 5) is 0. The Labute approximate surface area is 209 Å². The van der Waals surface area contributed by atoms with E-state index in [1.807, 2.05) is 0 Å². The van der Waals surface area contributed by atoms with Gasteiger partial charge in [-0.1, -0.05) is 103 Å². The first-order chi connectivity index (χ1) is 15.6. The number of rotatable bonds is 27. The van der Waals surface area contributed by atoms with Gasteiger partial charge in [0, 0.05) is 0 Å². The van der Waals surface area contributed by atoms with E-state index in [0.29, 0.717) is 0 Å². The molecular formula is C31H66Ge. The number of hydrogen-bond donors (Lipinski definition) is 0. The molecule has 0 saturated heterocycles. The monoisotopic (exact) mass is 512 g/mol. The molecule has 0 unspecified atom stereocenters. The van der Waals surface area contributed by atoms with Crippen LogP contribution in [0.2, 0.25) is 22.5 Å². The van der Waals surface area contributed by atoms with Gasteiger partial charge >= 0.3 is 106 Å². The zero-order valence-corrected chi connectivity index (χ0v) is 25.7. The molecule has 0 fully saturated rings. The second-order valence-electron chi connectivity index (χ2n) is 12.1. The quantitative estimate of drug-likeness (QED) is 0.0760. The van der Waals surface area contributed by atoms with Gasteiger partial charge in [0.1, 0.15) is 0 Å². The summed E-state index contributed by atoms with van der Waals surface area (Å²) in [5.74, 6) is 7.67. The third-order valence-electron chi connectivity index (χ3n) is 7.28. The molecule has 0 saturated carbocycles. The molecule has 0 aliphatic rings. The Kier molecular flexibility index (Phi) is 26.6. The fraction of sp³-hybridized carbons (Fsp3) is 1.00. The average Bonchev–Trinajstić information content (AvgIpc) is 2.75. The van der Waals surface area contributed by atoms with Crippen LogP contribution in [-0.2, 0) is 0 Å². The first-order valence-electron chi connectivity index (χ1n) is 15.6. The fourth-order valence-electron chi connectivity index (χ4n) is 4.97. The van der Waals surface area contributed by atoms with Crippen LogP contribution in [0, 0.1) is 0 Å². The molecule has 0 aliphatic carbocycles. The Hall–Kier alpha value is 0.543. The Morgan fingerprint density at radius 3 is 0.656 bits per heavy atom. The van der Waals surface area contributed by atoms with Crippen molar-refractivity contribution in [1.29, 1.82) is 0 Å². The zero-order chi connectivity index (χ0) is 23.6. The molecule has 0 N–H and O–H groups in total. The van der Waals surface area contributed by atoms with Gasteiger partial charge in [0.05, 0.1) is 0 Å². The molecular weight excluding hydrogens is 445 g/mol. The van der Waals surface area contributed by atoms with E-state index in [2.05, 4.69) is 24.2 Å². The summed E-state index contributed by atoms with van der Waals surface area (Å²) in [5.41, 5.74) is 0. The maximum absolute atomic E-state index is 2.56. The van der Waals surface area contributed by atoms with Crippen molar-refractivity contribution in [3.63, 3.8) is 0 Å². The van der Waals surface area contributed by atoms with Crippen molar-refractivity contribution in [2.24, 2.45) is 0 Å². The van der Waals surface area contributed by atoms with Gasteiger partial charge in [-0.2, -0.15) is 0 Å². The summed E-state index contributed by atoms with van der Waals surface area (Å²) in [6.07, 6.45) is 38.7. The Bertz CT molecular complexity index is 330. The van der Waals surface area contributed by atoms with Crippen molar-refractivity contribution in [3.05, 3.63) is 0 Å². The Morgan fingerprint density at radius 1 is 0.281 bits per heavy atom. The van der Waals surface area contributed by atoms with Crippen molar-refractivity contribution >= 4 is 13.3 Å². The molecule has 1 heteroatoms. The minimum atomic E-state index is -1.24. The molecule has 0 heterocycles. The second kappa shape index (κ2) is 26.2. The maximum atomic E-state index is 2.56. The molecule has 0 aromatic heterocycles. The third-order valence-corrected chi connectivity index (χ3v) is 11.2. The Morgan fingerprint density at radius 2 is 0.469 bits per heavy atom. The predicted molar refractivity (Wildman–Crippen MR) is 154 cm³/mol. The van der Waals surface area contributed by atoms with Gasteiger partial charge in [0.25, 0.3) is 0 Å². The molecule has 0 atom stereocenters. The van der Waals surface area contributed by atoms with Gasteiger partial charge in [-0.15, -0.1) is 0 Å². The molecule has 0 radical (unpaired) electrons. The summed E-state index contributed by atoms with van der Waals surface area (Å²) in [7, 11) is 0. The van der Waals surface area contributed by atoms with Crippen LogP contribution in [0.3, 0.4) is 0 Å². The van der Waals surface area contributed by atoms with Crippen LogP contribution in [0.1, 0.15) is 174 Å². The van der Waals surface area contributed by atoms with Crippen LogP contribution in [0.25, 0.3) is 0 Å². The molecule has 0 spiro atoms. The van der Waals surface area contributed by atoms with E-state index < -0.39 is 13.3 Å². The molecule has 0 aromatic rings. The summed E-state index contributed by atoms with van der Waals surface area (Å²) >= 11 is -1.24. The van der Waals surface area contributed by atoms with Gasteiger partial charge in [-0.05, 0) is 0 Å². The predicted octanol–water partition coefficient (Wildman–Crippen LogP) is 12.5.